The summed E-state index contributed by atoms with van der Waals surface area (Å²) in [6.07, 6.45) is 3.80. The zero-order chi connectivity index (χ0) is 17.6. The van der Waals surface area contributed by atoms with E-state index in [1.165, 1.54) is 5.56 Å². The Hall–Kier alpha value is -1.59. The molecule has 1 N–H and O–H groups in total. The van der Waals surface area contributed by atoms with Crippen molar-refractivity contribution in [1.82, 2.24) is 9.96 Å². The summed E-state index contributed by atoms with van der Waals surface area (Å²) in [6, 6.07) is 9.02. The number of nitrogens with zero attached hydrogens (tertiary/aromatic N) is 2. The van der Waals surface area contributed by atoms with Crippen LogP contribution in [0, 0.1) is 0 Å². The third-order valence-electron chi connectivity index (χ3n) is 5.12. The van der Waals surface area contributed by atoms with Crippen molar-refractivity contribution in [2.24, 2.45) is 0 Å². The van der Waals surface area contributed by atoms with Crippen molar-refractivity contribution in [2.45, 2.75) is 51.5 Å². The van der Waals surface area contributed by atoms with Gasteiger partial charge < -0.3 is 10.2 Å². The predicted octanol–water partition coefficient (Wildman–Crippen LogP) is 3.24. The molecule has 25 heavy (non-hydrogen) atoms. The van der Waals surface area contributed by atoms with Gasteiger partial charge in [0.1, 0.15) is 0 Å². The lowest BCUT2D eigenvalue weighted by molar-refractivity contribution is -0.139. The van der Waals surface area contributed by atoms with E-state index in [4.69, 9.17) is 4.84 Å². The van der Waals surface area contributed by atoms with Crippen molar-refractivity contribution in [1.29, 1.82) is 0 Å². The first-order valence-electron chi connectivity index (χ1n) is 9.64. The maximum atomic E-state index is 12.5. The van der Waals surface area contributed by atoms with Crippen LogP contribution in [0.4, 0.5) is 5.69 Å². The van der Waals surface area contributed by atoms with Gasteiger partial charge in [-0.15, -0.1) is 0 Å². The van der Waals surface area contributed by atoms with E-state index in [1.54, 1.807) is 0 Å². The highest BCUT2D eigenvalue weighted by atomic mass is 16.7. The van der Waals surface area contributed by atoms with Gasteiger partial charge in [-0.2, -0.15) is 5.06 Å². The smallest absolute Gasteiger partial charge is 0.224 e. The van der Waals surface area contributed by atoms with E-state index in [0.717, 1.165) is 51.2 Å². The summed E-state index contributed by atoms with van der Waals surface area (Å²) >= 11 is 0. The Morgan fingerprint density at radius 1 is 1.24 bits per heavy atom. The summed E-state index contributed by atoms with van der Waals surface area (Å²) in [5.41, 5.74) is 2.50. The molecule has 5 nitrogen and oxygen atoms in total. The third-order valence-corrected chi connectivity index (χ3v) is 5.12. The molecule has 1 aromatic carbocycles. The normalized spacial score (nSPS) is 21.7. The number of piperidine rings is 1. The average Bonchev–Trinajstić information content (AvgIpc) is 3.14. The second kappa shape index (κ2) is 8.68. The van der Waals surface area contributed by atoms with Crippen LogP contribution >= 0.6 is 0 Å². The monoisotopic (exact) mass is 345 g/mol. The second-order valence-electron chi connectivity index (χ2n) is 7.47. The fourth-order valence-electron chi connectivity index (χ4n) is 3.58. The van der Waals surface area contributed by atoms with Crippen LogP contribution in [0.15, 0.2) is 24.3 Å². The zero-order valence-corrected chi connectivity index (χ0v) is 15.5. The minimum absolute atomic E-state index is 0.247. The molecule has 1 atom stereocenters. The highest BCUT2D eigenvalue weighted by Gasteiger charge is 2.24. The summed E-state index contributed by atoms with van der Waals surface area (Å²) in [7, 11) is 0. The molecule has 0 unspecified atom stereocenters. The zero-order valence-electron chi connectivity index (χ0n) is 15.5. The van der Waals surface area contributed by atoms with Crippen LogP contribution in [-0.2, 0) is 9.63 Å². The van der Waals surface area contributed by atoms with E-state index in [-0.39, 0.29) is 5.91 Å². The van der Waals surface area contributed by atoms with Crippen LogP contribution in [0.2, 0.25) is 0 Å². The van der Waals surface area contributed by atoms with Gasteiger partial charge in [-0.3, -0.25) is 9.63 Å². The highest BCUT2D eigenvalue weighted by molar-refractivity contribution is 5.76. The first-order chi connectivity index (χ1) is 12.1. The van der Waals surface area contributed by atoms with Crippen molar-refractivity contribution in [2.75, 3.05) is 38.1 Å². The first kappa shape index (κ1) is 18.2. The third kappa shape index (κ3) is 5.19. The topological polar surface area (TPSA) is 44.8 Å². The lowest BCUT2D eigenvalue weighted by Crippen LogP contribution is -2.45. The average molecular weight is 345 g/mol. The molecule has 2 saturated heterocycles. The maximum Gasteiger partial charge on any atom is 0.224 e. The number of nitrogens with one attached hydrogen (secondary N) is 1. The minimum atomic E-state index is 0.247. The number of amides is 1. The molecule has 2 aliphatic heterocycles. The van der Waals surface area contributed by atoms with Gasteiger partial charge in [0.2, 0.25) is 5.91 Å². The SMILES string of the molecule is CC(C)c1ccc(N[C@H]2CCCN(C(=O)CCN3CCCO3)C2)cc1. The molecule has 0 bridgehead atoms. The van der Waals surface area contributed by atoms with E-state index in [2.05, 4.69) is 43.4 Å². The summed E-state index contributed by atoms with van der Waals surface area (Å²) in [5, 5.41) is 5.52. The molecular formula is C20H31N3O2. The summed E-state index contributed by atoms with van der Waals surface area (Å²) in [6.45, 7) is 8.55. The predicted molar refractivity (Wildman–Crippen MR) is 101 cm³/mol. The molecule has 3 rings (SSSR count). The van der Waals surface area contributed by atoms with Crippen molar-refractivity contribution >= 4 is 11.6 Å². The molecule has 0 radical (unpaired) electrons. The van der Waals surface area contributed by atoms with E-state index < -0.39 is 0 Å². The van der Waals surface area contributed by atoms with Gasteiger partial charge in [0.05, 0.1) is 6.61 Å². The van der Waals surface area contributed by atoms with Crippen molar-refractivity contribution in [3.8, 4) is 0 Å². The Balaban J connectivity index is 1.47. The number of benzene rings is 1. The van der Waals surface area contributed by atoms with Crippen LogP contribution in [-0.4, -0.2) is 54.7 Å². The molecular weight excluding hydrogens is 314 g/mol. The van der Waals surface area contributed by atoms with E-state index >= 15 is 0 Å². The minimum Gasteiger partial charge on any atom is -0.381 e. The first-order valence-corrected chi connectivity index (χ1v) is 9.64. The van der Waals surface area contributed by atoms with Crippen molar-refractivity contribution < 1.29 is 9.63 Å². The second-order valence-corrected chi connectivity index (χ2v) is 7.47. The van der Waals surface area contributed by atoms with Gasteiger partial charge in [0.25, 0.3) is 0 Å². The van der Waals surface area contributed by atoms with Crippen LogP contribution in [0.3, 0.4) is 0 Å². The van der Waals surface area contributed by atoms with Gasteiger partial charge in [0.15, 0.2) is 0 Å². The van der Waals surface area contributed by atoms with Crippen LogP contribution in [0.5, 0.6) is 0 Å². The Labute approximate surface area is 151 Å². The Morgan fingerprint density at radius 3 is 2.72 bits per heavy atom. The molecule has 138 valence electrons. The number of hydrogen-bond acceptors (Lipinski definition) is 4. The Kier molecular flexibility index (Phi) is 6.32. The number of rotatable bonds is 6. The number of likely N-dealkylation sites (tertiary alicyclic amines) is 1. The van der Waals surface area contributed by atoms with Crippen LogP contribution in [0.1, 0.15) is 51.0 Å². The fraction of sp³-hybridized carbons (Fsp3) is 0.650. The van der Waals surface area contributed by atoms with E-state index in [1.807, 2.05) is 9.96 Å². The van der Waals surface area contributed by atoms with E-state index in [0.29, 0.717) is 24.9 Å². The molecule has 1 aromatic rings. The number of anilines is 1. The quantitative estimate of drug-likeness (QED) is 0.860. The van der Waals surface area contributed by atoms with Crippen molar-refractivity contribution in [3.05, 3.63) is 29.8 Å². The number of hydroxylamine groups is 2. The molecule has 1 amide bonds. The number of hydrogen-bond donors (Lipinski definition) is 1. The summed E-state index contributed by atoms with van der Waals surface area (Å²) in [4.78, 5) is 20.0. The molecule has 0 aliphatic carbocycles. The van der Waals surface area contributed by atoms with Gasteiger partial charge in [-0.05, 0) is 42.9 Å². The molecule has 0 saturated carbocycles. The standard InChI is InChI=1S/C20H31N3O2/c1-16(2)17-6-8-18(9-7-17)21-19-5-3-11-22(15-19)20(24)10-13-23-12-4-14-25-23/h6-9,16,19,21H,3-5,10-15H2,1-2H3/t19-/m0/s1. The summed E-state index contributed by atoms with van der Waals surface area (Å²) in [5.74, 6) is 0.800. The van der Waals surface area contributed by atoms with Gasteiger partial charge >= 0.3 is 0 Å². The lowest BCUT2D eigenvalue weighted by atomic mass is 10.0. The fourth-order valence-corrected chi connectivity index (χ4v) is 3.58. The Morgan fingerprint density at radius 2 is 2.04 bits per heavy atom. The molecule has 2 fully saturated rings. The molecule has 2 heterocycles. The number of carbonyl (C=O) groups is 1. The van der Waals surface area contributed by atoms with Crippen LogP contribution < -0.4 is 5.32 Å². The molecule has 5 heteroatoms. The Bertz CT molecular complexity index is 553. The lowest BCUT2D eigenvalue weighted by Gasteiger charge is -2.34. The van der Waals surface area contributed by atoms with Crippen LogP contribution in [0.25, 0.3) is 0 Å². The maximum absolute atomic E-state index is 12.5. The largest absolute Gasteiger partial charge is 0.381 e. The van der Waals surface area contributed by atoms with E-state index in [9.17, 15) is 4.79 Å². The molecule has 0 spiro atoms. The van der Waals surface area contributed by atoms with Crippen molar-refractivity contribution in [3.63, 3.8) is 0 Å². The molecule has 0 aromatic heterocycles. The highest BCUT2D eigenvalue weighted by Crippen LogP contribution is 2.20. The number of carbonyl (C=O) groups excluding carboxylic acids is 1. The van der Waals surface area contributed by atoms with Gasteiger partial charge in [-0.25, -0.2) is 0 Å². The molecule has 2 aliphatic rings. The van der Waals surface area contributed by atoms with Gasteiger partial charge in [0, 0.05) is 44.3 Å². The summed E-state index contributed by atoms with van der Waals surface area (Å²) < 4.78 is 0. The van der Waals surface area contributed by atoms with Gasteiger partial charge in [-0.1, -0.05) is 26.0 Å².